The number of nitrogen functional groups attached to an aromatic ring is 1. The Balaban J connectivity index is 3.03. The van der Waals surface area contributed by atoms with E-state index < -0.39 is 0 Å². The number of hydrogen-bond donors (Lipinski definition) is 2. The molecular weight excluding hydrogens is 140 g/mol. The number of nitrogens with two attached hydrogens (primary N) is 2. The minimum atomic E-state index is -0.122. The van der Waals surface area contributed by atoms with Crippen LogP contribution in [0.4, 0.5) is 5.69 Å². The minimum absolute atomic E-state index is 0.00815. The highest BCUT2D eigenvalue weighted by molar-refractivity contribution is 6.01. The van der Waals surface area contributed by atoms with Crippen molar-refractivity contribution in [3.63, 3.8) is 0 Å². The summed E-state index contributed by atoms with van der Waals surface area (Å²) in [6.45, 7) is 0.00815. The van der Waals surface area contributed by atoms with E-state index in [4.69, 9.17) is 11.5 Å². The molecule has 0 aliphatic rings. The fraction of sp³-hybridized carbons (Fsp3) is 0.125. The highest BCUT2D eigenvalue weighted by Crippen LogP contribution is 2.09. The van der Waals surface area contributed by atoms with Crippen LogP contribution in [0, 0.1) is 0 Å². The van der Waals surface area contributed by atoms with Gasteiger partial charge in [0.15, 0.2) is 5.78 Å². The second kappa shape index (κ2) is 3.16. The van der Waals surface area contributed by atoms with Crippen molar-refractivity contribution >= 4 is 11.5 Å². The van der Waals surface area contributed by atoms with E-state index in [1.165, 1.54) is 0 Å². The summed E-state index contributed by atoms with van der Waals surface area (Å²) in [5, 5.41) is 0. The Kier molecular flexibility index (Phi) is 2.23. The number of rotatable bonds is 2. The molecule has 0 amide bonds. The molecule has 0 saturated heterocycles. The number of anilines is 1. The number of carbonyl (C=O) groups is 1. The first kappa shape index (κ1) is 7.75. The Morgan fingerprint density at radius 2 is 2.00 bits per heavy atom. The van der Waals surface area contributed by atoms with Crippen LogP contribution in [-0.4, -0.2) is 12.3 Å². The van der Waals surface area contributed by atoms with E-state index in [1.807, 2.05) is 0 Å². The number of benzene rings is 1. The number of ketones is 1. The van der Waals surface area contributed by atoms with Crippen LogP contribution in [0.3, 0.4) is 0 Å². The van der Waals surface area contributed by atoms with Gasteiger partial charge in [-0.15, -0.1) is 0 Å². The molecule has 0 fully saturated rings. The van der Waals surface area contributed by atoms with Crippen LogP contribution < -0.4 is 11.5 Å². The average molecular weight is 150 g/mol. The molecule has 0 bridgehead atoms. The zero-order valence-corrected chi connectivity index (χ0v) is 6.08. The van der Waals surface area contributed by atoms with Crippen molar-refractivity contribution < 1.29 is 4.79 Å². The Morgan fingerprint density at radius 1 is 1.36 bits per heavy atom. The van der Waals surface area contributed by atoms with E-state index in [-0.39, 0.29) is 12.3 Å². The fourth-order valence-corrected chi connectivity index (χ4v) is 0.861. The Bertz CT molecular complexity index is 271. The molecule has 0 radical (unpaired) electrons. The fourth-order valence-electron chi connectivity index (χ4n) is 0.861. The zero-order valence-electron chi connectivity index (χ0n) is 6.08. The number of hydrogen-bond acceptors (Lipinski definition) is 3. The molecule has 1 rings (SSSR count). The van der Waals surface area contributed by atoms with Gasteiger partial charge in [0.2, 0.25) is 0 Å². The maximum Gasteiger partial charge on any atom is 0.178 e. The van der Waals surface area contributed by atoms with Gasteiger partial charge < -0.3 is 11.5 Å². The average Bonchev–Trinajstić information content (AvgIpc) is 2.04. The summed E-state index contributed by atoms with van der Waals surface area (Å²) in [7, 11) is 0. The third-order valence-corrected chi connectivity index (χ3v) is 1.45. The van der Waals surface area contributed by atoms with Gasteiger partial charge in [-0.3, -0.25) is 4.79 Å². The largest absolute Gasteiger partial charge is 0.398 e. The Morgan fingerprint density at radius 3 is 2.55 bits per heavy atom. The highest BCUT2D eigenvalue weighted by Gasteiger charge is 2.04. The second-order valence-electron chi connectivity index (χ2n) is 2.21. The predicted octanol–water partition coefficient (Wildman–Crippen LogP) is 0.410. The van der Waals surface area contributed by atoms with Crippen LogP contribution in [-0.2, 0) is 0 Å². The molecule has 0 aromatic heterocycles. The molecule has 11 heavy (non-hydrogen) atoms. The zero-order chi connectivity index (χ0) is 8.27. The van der Waals surface area contributed by atoms with Crippen LogP contribution in [0.2, 0.25) is 0 Å². The number of Topliss-reactive ketones (excluding diaryl/α,β-unsaturated/α-hetero) is 1. The van der Waals surface area contributed by atoms with Crippen LogP contribution in [0.25, 0.3) is 0 Å². The molecule has 4 N–H and O–H groups in total. The lowest BCUT2D eigenvalue weighted by Crippen LogP contribution is -2.14. The van der Waals surface area contributed by atoms with Gasteiger partial charge in [-0.1, -0.05) is 12.1 Å². The number of para-hydroxylation sites is 1. The van der Waals surface area contributed by atoms with Crippen molar-refractivity contribution in [1.82, 2.24) is 0 Å². The quantitative estimate of drug-likeness (QED) is 0.474. The molecule has 0 spiro atoms. The van der Waals surface area contributed by atoms with Gasteiger partial charge in [-0.05, 0) is 12.1 Å². The summed E-state index contributed by atoms with van der Waals surface area (Å²) in [5.74, 6) is -0.122. The van der Waals surface area contributed by atoms with Crippen LogP contribution >= 0.6 is 0 Å². The summed E-state index contributed by atoms with van der Waals surface area (Å²) in [6, 6.07) is 6.90. The molecular formula is C8H10N2O. The second-order valence-corrected chi connectivity index (χ2v) is 2.21. The minimum Gasteiger partial charge on any atom is -0.398 e. The molecule has 0 heterocycles. The van der Waals surface area contributed by atoms with E-state index in [2.05, 4.69) is 0 Å². The topological polar surface area (TPSA) is 69.1 Å². The first-order valence-electron chi connectivity index (χ1n) is 3.33. The smallest absolute Gasteiger partial charge is 0.178 e. The maximum absolute atomic E-state index is 11.0. The lowest BCUT2D eigenvalue weighted by molar-refractivity contribution is 0.100. The first-order valence-corrected chi connectivity index (χ1v) is 3.33. The summed E-state index contributed by atoms with van der Waals surface area (Å²) >= 11 is 0. The monoisotopic (exact) mass is 150 g/mol. The van der Waals surface area contributed by atoms with Gasteiger partial charge in [0.05, 0.1) is 6.54 Å². The summed E-state index contributed by atoms with van der Waals surface area (Å²) < 4.78 is 0. The van der Waals surface area contributed by atoms with Crippen molar-refractivity contribution in [1.29, 1.82) is 0 Å². The summed E-state index contributed by atoms with van der Waals surface area (Å²) in [6.07, 6.45) is 0. The van der Waals surface area contributed by atoms with E-state index >= 15 is 0 Å². The van der Waals surface area contributed by atoms with Crippen molar-refractivity contribution in [3.05, 3.63) is 29.8 Å². The molecule has 58 valence electrons. The van der Waals surface area contributed by atoms with Crippen molar-refractivity contribution in [2.75, 3.05) is 12.3 Å². The van der Waals surface area contributed by atoms with Crippen LogP contribution in [0.5, 0.6) is 0 Å². The molecule has 3 nitrogen and oxygen atoms in total. The molecule has 0 aliphatic heterocycles. The van der Waals surface area contributed by atoms with E-state index in [9.17, 15) is 4.79 Å². The Hall–Kier alpha value is -1.35. The lowest BCUT2D eigenvalue weighted by Gasteiger charge is -2.00. The van der Waals surface area contributed by atoms with E-state index in [0.717, 1.165) is 0 Å². The van der Waals surface area contributed by atoms with Gasteiger partial charge in [0.25, 0.3) is 0 Å². The molecule has 0 saturated carbocycles. The van der Waals surface area contributed by atoms with Gasteiger partial charge in [-0.2, -0.15) is 0 Å². The van der Waals surface area contributed by atoms with Gasteiger partial charge in [0, 0.05) is 11.3 Å². The SMILES string of the molecule is NCC(=O)c1ccccc1N. The molecule has 1 aromatic rings. The van der Waals surface area contributed by atoms with Crippen molar-refractivity contribution in [2.24, 2.45) is 5.73 Å². The highest BCUT2D eigenvalue weighted by atomic mass is 16.1. The normalized spacial score (nSPS) is 9.55. The molecule has 0 aliphatic carbocycles. The summed E-state index contributed by atoms with van der Waals surface area (Å²) in [4.78, 5) is 11.0. The standard InChI is InChI=1S/C8H10N2O/c9-5-8(11)6-3-1-2-4-7(6)10/h1-4H,5,9-10H2. The van der Waals surface area contributed by atoms with Crippen molar-refractivity contribution in [2.45, 2.75) is 0 Å². The molecule has 1 aromatic carbocycles. The Labute approximate surface area is 65.0 Å². The maximum atomic E-state index is 11.0. The van der Waals surface area contributed by atoms with E-state index in [0.29, 0.717) is 11.3 Å². The summed E-state index contributed by atoms with van der Waals surface area (Å²) in [5.41, 5.74) is 11.7. The molecule has 0 unspecified atom stereocenters. The third kappa shape index (κ3) is 1.56. The molecule has 3 heteroatoms. The van der Waals surface area contributed by atoms with E-state index in [1.54, 1.807) is 24.3 Å². The van der Waals surface area contributed by atoms with Gasteiger partial charge >= 0.3 is 0 Å². The number of carbonyl (C=O) groups excluding carboxylic acids is 1. The van der Waals surface area contributed by atoms with Gasteiger partial charge in [-0.25, -0.2) is 0 Å². The first-order chi connectivity index (χ1) is 5.25. The van der Waals surface area contributed by atoms with Gasteiger partial charge in [0.1, 0.15) is 0 Å². The van der Waals surface area contributed by atoms with Crippen LogP contribution in [0.1, 0.15) is 10.4 Å². The van der Waals surface area contributed by atoms with Crippen LogP contribution in [0.15, 0.2) is 24.3 Å². The predicted molar refractivity (Wildman–Crippen MR) is 44.2 cm³/mol. The van der Waals surface area contributed by atoms with Crippen molar-refractivity contribution in [3.8, 4) is 0 Å². The third-order valence-electron chi connectivity index (χ3n) is 1.45. The lowest BCUT2D eigenvalue weighted by atomic mass is 10.1. The molecule has 0 atom stereocenters.